The number of methoxy groups -OCH3 is 1. The maximum absolute atomic E-state index is 13.2. The molecule has 1 saturated heterocycles. The molecule has 0 spiro atoms. The van der Waals surface area contributed by atoms with Crippen LogP contribution in [-0.4, -0.2) is 44.2 Å². The number of hydrogen-bond donors (Lipinski definition) is 2. The second-order valence-corrected chi connectivity index (χ2v) is 9.14. The lowest BCUT2D eigenvalue weighted by molar-refractivity contribution is -0.126. The van der Waals surface area contributed by atoms with Crippen LogP contribution in [0.1, 0.15) is 36.6 Å². The molecule has 2 heterocycles. The third-order valence-corrected chi connectivity index (χ3v) is 7.32. The minimum atomic E-state index is -0.0492. The van der Waals surface area contributed by atoms with Crippen molar-refractivity contribution in [2.75, 3.05) is 33.4 Å². The Labute approximate surface area is 194 Å². The van der Waals surface area contributed by atoms with Gasteiger partial charge in [0.15, 0.2) is 0 Å². The van der Waals surface area contributed by atoms with Gasteiger partial charge in [-0.2, -0.15) is 0 Å². The number of hydrogen-bond acceptors (Lipinski definition) is 5. The van der Waals surface area contributed by atoms with Crippen LogP contribution >= 0.6 is 36.2 Å². The molecular weight excluding hydrogens is 441 g/mol. The zero-order valence-corrected chi connectivity index (χ0v) is 19.7. The highest BCUT2D eigenvalue weighted by Gasteiger charge is 2.36. The van der Waals surface area contributed by atoms with E-state index in [1.807, 2.05) is 12.1 Å². The van der Waals surface area contributed by atoms with Crippen LogP contribution in [0.4, 0.5) is 0 Å². The van der Waals surface area contributed by atoms with Crippen LogP contribution in [-0.2, 0) is 9.53 Å². The molecular formula is C22H31Cl2N3O2S. The van der Waals surface area contributed by atoms with E-state index in [-0.39, 0.29) is 48.0 Å². The van der Waals surface area contributed by atoms with E-state index in [0.29, 0.717) is 13.2 Å². The third kappa shape index (κ3) is 5.54. The van der Waals surface area contributed by atoms with E-state index in [1.54, 1.807) is 18.4 Å². The summed E-state index contributed by atoms with van der Waals surface area (Å²) < 4.78 is 6.68. The number of nitrogens with zero attached hydrogens (tertiary/aromatic N) is 1. The molecule has 2 aliphatic rings. The summed E-state index contributed by atoms with van der Waals surface area (Å²) in [5, 5.41) is 7.77. The number of carbonyl (C=O) groups excluding carboxylic acids is 1. The highest BCUT2D eigenvalue weighted by Crippen LogP contribution is 2.39. The quantitative estimate of drug-likeness (QED) is 0.615. The summed E-state index contributed by atoms with van der Waals surface area (Å²) in [6, 6.07) is 8.22. The molecule has 4 rings (SSSR count). The van der Waals surface area contributed by atoms with Crippen molar-refractivity contribution in [3.8, 4) is 0 Å². The summed E-state index contributed by atoms with van der Waals surface area (Å²) in [6.45, 7) is 3.36. The molecule has 1 fully saturated rings. The number of rotatable bonds is 6. The number of para-hydroxylation sites is 1. The van der Waals surface area contributed by atoms with Crippen LogP contribution in [0.25, 0.3) is 10.2 Å². The molecule has 0 radical (unpaired) electrons. The van der Waals surface area contributed by atoms with Gasteiger partial charge in [0, 0.05) is 25.0 Å². The number of carbonyl (C=O) groups is 1. The van der Waals surface area contributed by atoms with Crippen LogP contribution in [0.3, 0.4) is 0 Å². The Kier molecular flexibility index (Phi) is 9.57. The Bertz CT molecular complexity index is 813. The van der Waals surface area contributed by atoms with E-state index in [1.165, 1.54) is 4.70 Å². The lowest BCUT2D eigenvalue weighted by Gasteiger charge is -2.38. The minimum absolute atomic E-state index is 0. The van der Waals surface area contributed by atoms with Gasteiger partial charge in [0.25, 0.3) is 0 Å². The van der Waals surface area contributed by atoms with Crippen molar-refractivity contribution in [1.82, 2.24) is 15.6 Å². The highest BCUT2D eigenvalue weighted by atomic mass is 35.5. The molecule has 1 aliphatic carbocycles. The first kappa shape index (κ1) is 25.1. The van der Waals surface area contributed by atoms with Crippen LogP contribution in [0, 0.1) is 11.3 Å². The molecule has 0 bridgehead atoms. The summed E-state index contributed by atoms with van der Waals surface area (Å²) in [5.41, 5.74) is 1.08. The molecule has 1 aromatic heterocycles. The Balaban J connectivity index is 0.00000160. The smallest absolute Gasteiger partial charge is 0.224 e. The van der Waals surface area contributed by atoms with E-state index in [2.05, 4.69) is 34.9 Å². The zero-order chi connectivity index (χ0) is 19.4. The number of ether oxygens (including phenoxy) is 1. The Hall–Kier alpha value is -1.18. The van der Waals surface area contributed by atoms with Gasteiger partial charge in [-0.3, -0.25) is 4.79 Å². The first-order valence-corrected chi connectivity index (χ1v) is 11.0. The SMILES string of the molecule is COCC1(CNC(=O)C2CC=CCC2c2nc3ccccc3s2)CCNCC1.Cl.Cl. The number of fused-ring (bicyclic) bond motifs is 1. The molecule has 8 heteroatoms. The number of thiazole rings is 1. The highest BCUT2D eigenvalue weighted by molar-refractivity contribution is 7.18. The number of amides is 1. The molecule has 5 nitrogen and oxygen atoms in total. The molecule has 2 N–H and O–H groups in total. The average Bonchev–Trinajstić information content (AvgIpc) is 3.17. The summed E-state index contributed by atoms with van der Waals surface area (Å²) in [5.74, 6) is 0.267. The topological polar surface area (TPSA) is 63.2 Å². The summed E-state index contributed by atoms with van der Waals surface area (Å²) >= 11 is 1.73. The maximum atomic E-state index is 13.2. The predicted molar refractivity (Wildman–Crippen MR) is 128 cm³/mol. The van der Waals surface area contributed by atoms with Crippen molar-refractivity contribution in [3.63, 3.8) is 0 Å². The second kappa shape index (κ2) is 11.4. The summed E-state index contributed by atoms with van der Waals surface area (Å²) in [6.07, 6.45) is 8.07. The van der Waals surface area contributed by atoms with Gasteiger partial charge in [0.1, 0.15) is 0 Å². The van der Waals surface area contributed by atoms with Gasteiger partial charge in [-0.25, -0.2) is 4.98 Å². The van der Waals surface area contributed by atoms with Crippen LogP contribution in [0.5, 0.6) is 0 Å². The van der Waals surface area contributed by atoms with Crippen molar-refractivity contribution in [1.29, 1.82) is 0 Å². The molecule has 166 valence electrons. The average molecular weight is 472 g/mol. The minimum Gasteiger partial charge on any atom is -0.384 e. The van der Waals surface area contributed by atoms with Crippen LogP contribution < -0.4 is 10.6 Å². The third-order valence-electron chi connectivity index (χ3n) is 6.15. The van der Waals surface area contributed by atoms with Gasteiger partial charge in [0.2, 0.25) is 5.91 Å². The van der Waals surface area contributed by atoms with E-state index in [9.17, 15) is 4.79 Å². The lowest BCUT2D eigenvalue weighted by Crippen LogP contribution is -2.48. The molecule has 2 aromatic rings. The number of allylic oxidation sites excluding steroid dienone is 2. The van der Waals surface area contributed by atoms with E-state index in [0.717, 1.165) is 49.3 Å². The number of piperidine rings is 1. The van der Waals surface area contributed by atoms with Gasteiger partial charge in [0.05, 0.1) is 27.7 Å². The number of halogens is 2. The van der Waals surface area contributed by atoms with Gasteiger partial charge in [-0.1, -0.05) is 24.3 Å². The molecule has 1 aliphatic heterocycles. The standard InChI is InChI=1S/C22H29N3O2S.2ClH/c1-27-15-22(10-12-23-13-11-22)14-24-20(26)16-6-2-3-7-17(16)21-25-18-8-4-5-9-19(18)28-21;;/h2-5,8-9,16-17,23H,6-7,10-15H2,1H3,(H,24,26);2*1H. The number of aromatic nitrogens is 1. The van der Waals surface area contributed by atoms with Crippen molar-refractivity contribution in [3.05, 3.63) is 41.4 Å². The maximum Gasteiger partial charge on any atom is 0.224 e. The Morgan fingerprint density at radius 3 is 2.70 bits per heavy atom. The van der Waals surface area contributed by atoms with E-state index < -0.39 is 0 Å². The fourth-order valence-corrected chi connectivity index (χ4v) is 5.61. The van der Waals surface area contributed by atoms with Crippen molar-refractivity contribution in [2.45, 2.75) is 31.6 Å². The number of benzene rings is 1. The fourth-order valence-electron chi connectivity index (χ4n) is 4.47. The first-order valence-electron chi connectivity index (χ1n) is 10.2. The molecule has 1 amide bonds. The Morgan fingerprint density at radius 2 is 1.97 bits per heavy atom. The summed E-state index contributed by atoms with van der Waals surface area (Å²) in [4.78, 5) is 18.0. The molecule has 2 atom stereocenters. The molecule has 2 unspecified atom stereocenters. The van der Waals surface area contributed by atoms with Crippen LogP contribution in [0.2, 0.25) is 0 Å². The lowest BCUT2D eigenvalue weighted by atomic mass is 9.78. The number of nitrogens with one attached hydrogen (secondary N) is 2. The van der Waals surface area contributed by atoms with E-state index in [4.69, 9.17) is 9.72 Å². The van der Waals surface area contributed by atoms with Gasteiger partial charge < -0.3 is 15.4 Å². The van der Waals surface area contributed by atoms with Crippen molar-refractivity contribution in [2.24, 2.45) is 11.3 Å². The zero-order valence-electron chi connectivity index (χ0n) is 17.3. The van der Waals surface area contributed by atoms with E-state index >= 15 is 0 Å². The van der Waals surface area contributed by atoms with Gasteiger partial charge in [-0.15, -0.1) is 36.2 Å². The first-order chi connectivity index (χ1) is 13.7. The van der Waals surface area contributed by atoms with Crippen molar-refractivity contribution >= 4 is 52.3 Å². The second-order valence-electron chi connectivity index (χ2n) is 8.08. The molecule has 30 heavy (non-hydrogen) atoms. The molecule has 1 aromatic carbocycles. The molecule has 0 saturated carbocycles. The normalized spacial score (nSPS) is 22.7. The van der Waals surface area contributed by atoms with Gasteiger partial charge in [-0.05, 0) is 50.9 Å². The fraction of sp³-hybridized carbons (Fsp3) is 0.545. The van der Waals surface area contributed by atoms with Gasteiger partial charge >= 0.3 is 0 Å². The largest absolute Gasteiger partial charge is 0.384 e. The van der Waals surface area contributed by atoms with Crippen molar-refractivity contribution < 1.29 is 9.53 Å². The monoisotopic (exact) mass is 471 g/mol. The predicted octanol–water partition coefficient (Wildman–Crippen LogP) is 4.32. The van der Waals surface area contributed by atoms with Crippen LogP contribution in [0.15, 0.2) is 36.4 Å². The Morgan fingerprint density at radius 1 is 1.23 bits per heavy atom. The summed E-state index contributed by atoms with van der Waals surface area (Å²) in [7, 11) is 1.75.